The lowest BCUT2D eigenvalue weighted by atomic mass is 10.1. The van der Waals surface area contributed by atoms with Crippen molar-refractivity contribution in [2.45, 2.75) is 32.4 Å². The van der Waals surface area contributed by atoms with E-state index in [4.69, 9.17) is 4.74 Å². The predicted octanol–water partition coefficient (Wildman–Crippen LogP) is 3.44. The van der Waals surface area contributed by atoms with Gasteiger partial charge in [-0.3, -0.25) is 4.90 Å². The summed E-state index contributed by atoms with van der Waals surface area (Å²) in [7, 11) is 0. The second-order valence-corrected chi connectivity index (χ2v) is 9.55. The summed E-state index contributed by atoms with van der Waals surface area (Å²) in [5.74, 6) is 1.95. The van der Waals surface area contributed by atoms with Crippen LogP contribution in [0.4, 0.5) is 0 Å². The Labute approximate surface area is 196 Å². The maximum Gasteiger partial charge on any atom is 0.269 e. The lowest BCUT2D eigenvalue weighted by Crippen LogP contribution is -2.38. The third-order valence-corrected chi connectivity index (χ3v) is 6.78. The van der Waals surface area contributed by atoms with Crippen molar-refractivity contribution in [3.05, 3.63) is 64.4 Å². The van der Waals surface area contributed by atoms with Gasteiger partial charge in [0, 0.05) is 18.0 Å². The smallest absolute Gasteiger partial charge is 0.269 e. The standard InChI is InChI=1S/C23H29N5O2S2/c29-32-26-22(23(27-32)25-17-21-10-7-15-31-21)24-11-2-5-14-30-20-9-6-8-19(16-20)18-28-12-3-1-4-13-28/h2,5-10,15-16H,1,3-4,11-14,17-18H2,(H,24,26)(H,25,27)/b5-2-. The molecule has 2 N–H and O–H groups in total. The van der Waals surface area contributed by atoms with Crippen molar-refractivity contribution in [3.8, 4) is 5.75 Å². The first-order valence-electron chi connectivity index (χ1n) is 11.0. The summed E-state index contributed by atoms with van der Waals surface area (Å²) in [5, 5.41) is 8.38. The number of rotatable bonds is 9. The molecule has 0 amide bonds. The molecule has 3 heterocycles. The zero-order valence-electron chi connectivity index (χ0n) is 18.0. The predicted molar refractivity (Wildman–Crippen MR) is 132 cm³/mol. The highest BCUT2D eigenvalue weighted by Gasteiger charge is 2.18. The van der Waals surface area contributed by atoms with Gasteiger partial charge in [0.05, 0.1) is 6.54 Å². The Bertz CT molecular complexity index is 982. The molecule has 0 spiro atoms. The van der Waals surface area contributed by atoms with E-state index in [2.05, 4.69) is 42.5 Å². The van der Waals surface area contributed by atoms with Gasteiger partial charge in [-0.25, -0.2) is 4.21 Å². The van der Waals surface area contributed by atoms with Crippen molar-refractivity contribution < 1.29 is 8.95 Å². The Balaban J connectivity index is 1.17. The summed E-state index contributed by atoms with van der Waals surface area (Å²) in [4.78, 5) is 3.70. The highest BCUT2D eigenvalue weighted by Crippen LogP contribution is 2.17. The molecule has 0 bridgehead atoms. The maximum absolute atomic E-state index is 11.7. The highest BCUT2D eigenvalue weighted by molar-refractivity contribution is 7.83. The molecule has 1 atom stereocenters. The van der Waals surface area contributed by atoms with Crippen molar-refractivity contribution in [1.82, 2.24) is 15.5 Å². The number of benzene rings is 1. The summed E-state index contributed by atoms with van der Waals surface area (Å²) in [6.45, 7) is 5.05. The second kappa shape index (κ2) is 11.9. The Hall–Kier alpha value is -2.49. The molecule has 0 saturated carbocycles. The minimum absolute atomic E-state index is 0.491. The molecule has 1 fully saturated rings. The first-order valence-corrected chi connectivity index (χ1v) is 12.9. The maximum atomic E-state index is 11.7. The second-order valence-electron chi connectivity index (χ2n) is 7.69. The van der Waals surface area contributed by atoms with Crippen LogP contribution in [0.5, 0.6) is 5.75 Å². The molecular formula is C23H29N5O2S2. The molecule has 2 aliphatic rings. The molecule has 9 heteroatoms. The van der Waals surface area contributed by atoms with Gasteiger partial charge in [0.1, 0.15) is 12.4 Å². The van der Waals surface area contributed by atoms with Gasteiger partial charge >= 0.3 is 0 Å². The van der Waals surface area contributed by atoms with E-state index in [0.717, 1.165) is 12.3 Å². The van der Waals surface area contributed by atoms with Gasteiger partial charge < -0.3 is 15.4 Å². The number of piperidine rings is 1. The molecule has 170 valence electrons. The highest BCUT2D eigenvalue weighted by atomic mass is 32.2. The molecule has 0 radical (unpaired) electrons. The SMILES string of the molecule is O=S1N=C(NC/C=C\COc2cccc(CN3CCCCC3)c2)C(NCc2cccs2)=N1. The third kappa shape index (κ3) is 7.01. The Morgan fingerprint density at radius 3 is 2.72 bits per heavy atom. The number of amidine groups is 2. The zero-order chi connectivity index (χ0) is 22.0. The van der Waals surface area contributed by atoms with Crippen LogP contribution in [-0.4, -0.2) is 47.0 Å². The van der Waals surface area contributed by atoms with Crippen LogP contribution in [0.1, 0.15) is 29.7 Å². The molecule has 0 aliphatic carbocycles. The topological polar surface area (TPSA) is 78.3 Å². The van der Waals surface area contributed by atoms with E-state index in [0.29, 0.717) is 31.4 Å². The van der Waals surface area contributed by atoms with E-state index in [1.165, 1.54) is 42.8 Å². The molecule has 2 aliphatic heterocycles. The van der Waals surface area contributed by atoms with Crippen molar-refractivity contribution in [3.63, 3.8) is 0 Å². The van der Waals surface area contributed by atoms with Crippen molar-refractivity contribution in [2.24, 2.45) is 8.80 Å². The Kier molecular flexibility index (Phi) is 8.47. The fourth-order valence-corrected chi connectivity index (χ4v) is 4.94. The average Bonchev–Trinajstić information content (AvgIpc) is 3.45. The summed E-state index contributed by atoms with van der Waals surface area (Å²) < 4.78 is 25.6. The van der Waals surface area contributed by atoms with E-state index in [1.54, 1.807) is 11.3 Å². The quantitative estimate of drug-likeness (QED) is 0.548. The number of thiophene rings is 1. The molecule has 7 nitrogen and oxygen atoms in total. The number of ether oxygens (including phenoxy) is 1. The Morgan fingerprint density at radius 1 is 1.06 bits per heavy atom. The van der Waals surface area contributed by atoms with Crippen LogP contribution < -0.4 is 15.4 Å². The van der Waals surface area contributed by atoms with Crippen molar-refractivity contribution >= 4 is 34.2 Å². The van der Waals surface area contributed by atoms with Crippen LogP contribution in [0.3, 0.4) is 0 Å². The van der Waals surface area contributed by atoms with Crippen molar-refractivity contribution in [1.29, 1.82) is 0 Å². The number of nitrogens with one attached hydrogen (secondary N) is 2. The minimum atomic E-state index is -1.57. The van der Waals surface area contributed by atoms with Gasteiger partial charge in [0.15, 0.2) is 11.7 Å². The summed E-state index contributed by atoms with van der Waals surface area (Å²) in [6.07, 6.45) is 7.89. The number of hydrogen-bond acceptors (Lipinski definition) is 6. The number of nitrogens with zero attached hydrogens (tertiary/aromatic N) is 3. The lowest BCUT2D eigenvalue weighted by Gasteiger charge is -2.26. The molecular weight excluding hydrogens is 442 g/mol. The first-order chi connectivity index (χ1) is 15.8. The first kappa shape index (κ1) is 22.7. The summed E-state index contributed by atoms with van der Waals surface area (Å²) in [6, 6.07) is 12.4. The fourth-order valence-electron chi connectivity index (χ4n) is 3.64. The van der Waals surface area contributed by atoms with Crippen LogP contribution in [0.15, 0.2) is 62.7 Å². The third-order valence-electron chi connectivity index (χ3n) is 5.23. The Morgan fingerprint density at radius 2 is 1.91 bits per heavy atom. The fraction of sp³-hybridized carbons (Fsp3) is 0.391. The summed E-state index contributed by atoms with van der Waals surface area (Å²) >= 11 is 0.0933. The van der Waals surface area contributed by atoms with Gasteiger partial charge in [-0.1, -0.05) is 30.7 Å². The number of likely N-dealkylation sites (tertiary alicyclic amines) is 1. The average molecular weight is 472 g/mol. The van der Waals surface area contributed by atoms with E-state index >= 15 is 0 Å². The van der Waals surface area contributed by atoms with Crippen LogP contribution in [0.25, 0.3) is 0 Å². The zero-order valence-corrected chi connectivity index (χ0v) is 19.7. The van der Waals surface area contributed by atoms with E-state index in [9.17, 15) is 4.21 Å². The van der Waals surface area contributed by atoms with Gasteiger partial charge in [-0.2, -0.15) is 0 Å². The molecule has 1 unspecified atom stereocenters. The van der Waals surface area contributed by atoms with Crippen LogP contribution in [-0.2, 0) is 24.3 Å². The molecule has 1 saturated heterocycles. The van der Waals surface area contributed by atoms with E-state index < -0.39 is 11.2 Å². The molecule has 2 aromatic rings. The largest absolute Gasteiger partial charge is 0.490 e. The van der Waals surface area contributed by atoms with Gasteiger partial charge in [-0.05, 0) is 61.1 Å². The van der Waals surface area contributed by atoms with Crippen molar-refractivity contribution in [2.75, 3.05) is 26.2 Å². The monoisotopic (exact) mass is 471 g/mol. The normalized spacial score (nSPS) is 19.1. The number of hydrogen-bond donors (Lipinski definition) is 2. The van der Waals surface area contributed by atoms with Gasteiger partial charge in [0.2, 0.25) is 0 Å². The van der Waals surface area contributed by atoms with E-state index in [-0.39, 0.29) is 0 Å². The van der Waals surface area contributed by atoms with Crippen LogP contribution >= 0.6 is 11.3 Å². The molecule has 4 rings (SSSR count). The van der Waals surface area contributed by atoms with Gasteiger partial charge in [-0.15, -0.1) is 20.1 Å². The lowest BCUT2D eigenvalue weighted by molar-refractivity contribution is 0.220. The minimum Gasteiger partial charge on any atom is -0.490 e. The van der Waals surface area contributed by atoms with Crippen LogP contribution in [0, 0.1) is 0 Å². The molecule has 1 aromatic carbocycles. The van der Waals surface area contributed by atoms with E-state index in [1.807, 2.05) is 35.7 Å². The van der Waals surface area contributed by atoms with Crippen LogP contribution in [0.2, 0.25) is 0 Å². The van der Waals surface area contributed by atoms with Gasteiger partial charge in [0.25, 0.3) is 11.2 Å². The summed E-state index contributed by atoms with van der Waals surface area (Å²) in [5.41, 5.74) is 1.30. The molecule has 1 aromatic heterocycles. The molecule has 32 heavy (non-hydrogen) atoms.